The Balaban J connectivity index is 1.41. The van der Waals surface area contributed by atoms with Crippen LogP contribution in [0.3, 0.4) is 0 Å². The average Bonchev–Trinajstić information content (AvgIpc) is 3.24. The van der Waals surface area contributed by atoms with Crippen molar-refractivity contribution in [2.75, 3.05) is 11.9 Å². The average molecular weight is 409 g/mol. The molecule has 0 unspecified atom stereocenters. The molecule has 4 aromatic rings. The molecule has 0 aliphatic carbocycles. The van der Waals surface area contributed by atoms with Gasteiger partial charge < -0.3 is 10.1 Å². The van der Waals surface area contributed by atoms with Crippen molar-refractivity contribution in [2.24, 2.45) is 0 Å². The van der Waals surface area contributed by atoms with Crippen molar-refractivity contribution in [1.29, 1.82) is 0 Å². The minimum Gasteiger partial charge on any atom is -0.451 e. The van der Waals surface area contributed by atoms with Gasteiger partial charge in [-0.1, -0.05) is 30.3 Å². The van der Waals surface area contributed by atoms with E-state index in [9.17, 15) is 14.4 Å². The number of carbonyl (C=O) groups excluding carboxylic acids is 3. The number of benzene rings is 2. The molecular formula is C21H15NO4S2. The number of nitrogens with one attached hydrogen (secondary N) is 1. The fourth-order valence-corrected chi connectivity index (χ4v) is 5.23. The van der Waals surface area contributed by atoms with Gasteiger partial charge in [-0.2, -0.15) is 0 Å². The summed E-state index contributed by atoms with van der Waals surface area (Å²) in [5.74, 6) is -1.07. The number of thiophene rings is 2. The number of esters is 1. The van der Waals surface area contributed by atoms with Crippen molar-refractivity contribution in [3.63, 3.8) is 0 Å². The monoisotopic (exact) mass is 409 g/mol. The molecule has 1 N–H and O–H groups in total. The third-order valence-electron chi connectivity index (χ3n) is 4.14. The summed E-state index contributed by atoms with van der Waals surface area (Å²) in [6.45, 7) is 1.06. The Morgan fingerprint density at radius 3 is 2.61 bits per heavy atom. The van der Waals surface area contributed by atoms with Crippen LogP contribution >= 0.6 is 22.7 Å². The minimum absolute atomic E-state index is 0.0901. The normalized spacial score (nSPS) is 10.9. The number of carbonyl (C=O) groups is 3. The molecule has 4 rings (SSSR count). The van der Waals surface area contributed by atoms with E-state index in [1.807, 2.05) is 18.2 Å². The number of Topliss-reactive ketones (excluding diaryl/α,β-unsaturated/α-hetero) is 1. The standard InChI is InChI=1S/C21H15NO4S2/c1-12(23)13-5-4-6-14(9-13)22-19(24)11-26-21(25)18-10-17-20(28-18)15-7-2-3-8-16(15)27-17/h2-10H,11H2,1H3,(H,22,24). The number of anilines is 1. The Labute approximate surface area is 168 Å². The number of fused-ring (bicyclic) bond motifs is 3. The molecule has 5 nitrogen and oxygen atoms in total. The van der Waals surface area contributed by atoms with Crippen molar-refractivity contribution in [1.82, 2.24) is 0 Å². The van der Waals surface area contributed by atoms with Crippen molar-refractivity contribution < 1.29 is 19.1 Å². The molecule has 140 valence electrons. The van der Waals surface area contributed by atoms with Crippen LogP contribution in [0.4, 0.5) is 5.69 Å². The molecule has 2 aromatic heterocycles. The largest absolute Gasteiger partial charge is 0.451 e. The third-order valence-corrected chi connectivity index (χ3v) is 6.53. The number of ketones is 1. The predicted molar refractivity (Wildman–Crippen MR) is 113 cm³/mol. The van der Waals surface area contributed by atoms with E-state index in [2.05, 4.69) is 11.4 Å². The van der Waals surface area contributed by atoms with Gasteiger partial charge >= 0.3 is 5.97 Å². The quantitative estimate of drug-likeness (QED) is 0.367. The van der Waals surface area contributed by atoms with Gasteiger partial charge in [-0.15, -0.1) is 22.7 Å². The van der Waals surface area contributed by atoms with Crippen LogP contribution in [0.5, 0.6) is 0 Å². The Kier molecular flexibility index (Phi) is 4.93. The summed E-state index contributed by atoms with van der Waals surface area (Å²) in [6.07, 6.45) is 0. The molecule has 0 saturated carbocycles. The van der Waals surface area contributed by atoms with Crippen LogP contribution in [0.1, 0.15) is 27.0 Å². The summed E-state index contributed by atoms with van der Waals surface area (Å²) < 4.78 is 8.41. The number of ether oxygens (including phenoxy) is 1. The van der Waals surface area contributed by atoms with E-state index in [1.54, 1.807) is 41.7 Å². The van der Waals surface area contributed by atoms with Gasteiger partial charge in [-0.3, -0.25) is 9.59 Å². The van der Waals surface area contributed by atoms with Crippen molar-refractivity contribution in [3.8, 4) is 0 Å². The van der Waals surface area contributed by atoms with Gasteiger partial charge in [-0.05, 0) is 31.2 Å². The van der Waals surface area contributed by atoms with E-state index < -0.39 is 18.5 Å². The predicted octanol–water partition coefficient (Wildman–Crippen LogP) is 5.11. The smallest absolute Gasteiger partial charge is 0.348 e. The fraction of sp³-hybridized carbons (Fsp3) is 0.0952. The van der Waals surface area contributed by atoms with Crippen LogP contribution in [0, 0.1) is 0 Å². The van der Waals surface area contributed by atoms with Gasteiger partial charge in [0, 0.05) is 26.0 Å². The highest BCUT2D eigenvalue weighted by molar-refractivity contribution is 7.33. The van der Waals surface area contributed by atoms with Crippen LogP contribution in [0.25, 0.3) is 19.5 Å². The summed E-state index contributed by atoms with van der Waals surface area (Å²) in [6, 6.07) is 16.5. The summed E-state index contributed by atoms with van der Waals surface area (Å²) in [5.41, 5.74) is 0.984. The topological polar surface area (TPSA) is 72.5 Å². The van der Waals surface area contributed by atoms with Gasteiger partial charge in [0.25, 0.3) is 5.91 Å². The molecule has 0 aliphatic heterocycles. The number of hydrogen-bond donors (Lipinski definition) is 1. The zero-order valence-corrected chi connectivity index (χ0v) is 16.5. The highest BCUT2D eigenvalue weighted by Crippen LogP contribution is 2.39. The zero-order chi connectivity index (χ0) is 19.7. The lowest BCUT2D eigenvalue weighted by molar-refractivity contribution is -0.119. The first kappa shape index (κ1) is 18.3. The lowest BCUT2D eigenvalue weighted by Gasteiger charge is -2.07. The molecule has 7 heteroatoms. The lowest BCUT2D eigenvalue weighted by Crippen LogP contribution is -2.20. The summed E-state index contributed by atoms with van der Waals surface area (Å²) in [5, 5.41) is 3.75. The van der Waals surface area contributed by atoms with Crippen LogP contribution < -0.4 is 5.32 Å². The van der Waals surface area contributed by atoms with E-state index in [0.717, 1.165) is 14.8 Å². The molecule has 0 atom stereocenters. The number of amides is 1. The Morgan fingerprint density at radius 2 is 1.79 bits per heavy atom. The molecular weight excluding hydrogens is 394 g/mol. The molecule has 0 radical (unpaired) electrons. The van der Waals surface area contributed by atoms with Gasteiger partial charge in [-0.25, -0.2) is 4.79 Å². The number of rotatable bonds is 5. The number of hydrogen-bond acceptors (Lipinski definition) is 6. The maximum atomic E-state index is 12.3. The van der Waals surface area contributed by atoms with Crippen LogP contribution in [-0.2, 0) is 9.53 Å². The molecule has 0 fully saturated rings. The van der Waals surface area contributed by atoms with Crippen LogP contribution in [0.2, 0.25) is 0 Å². The molecule has 28 heavy (non-hydrogen) atoms. The first-order valence-electron chi connectivity index (χ1n) is 8.50. The summed E-state index contributed by atoms with van der Waals surface area (Å²) in [4.78, 5) is 36.3. The zero-order valence-electron chi connectivity index (χ0n) is 14.9. The van der Waals surface area contributed by atoms with Gasteiger partial charge in [0.2, 0.25) is 0 Å². The summed E-state index contributed by atoms with van der Waals surface area (Å²) >= 11 is 2.99. The first-order valence-corrected chi connectivity index (χ1v) is 10.1. The highest BCUT2D eigenvalue weighted by Gasteiger charge is 2.16. The Morgan fingerprint density at radius 1 is 0.964 bits per heavy atom. The second kappa shape index (κ2) is 7.53. The second-order valence-electron chi connectivity index (χ2n) is 6.16. The Bertz CT molecular complexity index is 1220. The molecule has 2 aromatic carbocycles. The van der Waals surface area contributed by atoms with E-state index in [-0.39, 0.29) is 5.78 Å². The first-order chi connectivity index (χ1) is 13.5. The minimum atomic E-state index is -0.523. The fourth-order valence-electron chi connectivity index (χ4n) is 2.82. The van der Waals surface area contributed by atoms with Crippen molar-refractivity contribution in [2.45, 2.75) is 6.92 Å². The van der Waals surface area contributed by atoms with Crippen LogP contribution in [0.15, 0.2) is 54.6 Å². The molecule has 0 aliphatic rings. The molecule has 0 spiro atoms. The second-order valence-corrected chi connectivity index (χ2v) is 8.30. The maximum Gasteiger partial charge on any atom is 0.348 e. The van der Waals surface area contributed by atoms with Crippen LogP contribution in [-0.4, -0.2) is 24.3 Å². The summed E-state index contributed by atoms with van der Waals surface area (Å²) in [7, 11) is 0. The molecule has 2 heterocycles. The van der Waals surface area contributed by atoms with E-state index in [4.69, 9.17) is 4.74 Å². The van der Waals surface area contributed by atoms with Crippen molar-refractivity contribution >= 4 is 65.5 Å². The third kappa shape index (κ3) is 3.67. The molecule has 0 saturated heterocycles. The van der Waals surface area contributed by atoms with E-state index >= 15 is 0 Å². The molecule has 1 amide bonds. The van der Waals surface area contributed by atoms with E-state index in [0.29, 0.717) is 16.1 Å². The van der Waals surface area contributed by atoms with E-state index in [1.165, 1.54) is 23.0 Å². The SMILES string of the molecule is CC(=O)c1cccc(NC(=O)COC(=O)c2cc3sc4ccccc4c3s2)c1. The van der Waals surface area contributed by atoms with Crippen molar-refractivity contribution in [3.05, 3.63) is 65.0 Å². The van der Waals surface area contributed by atoms with Gasteiger partial charge in [0.1, 0.15) is 4.88 Å². The Hall–Kier alpha value is -3.03. The van der Waals surface area contributed by atoms with Gasteiger partial charge in [0.05, 0.1) is 4.70 Å². The lowest BCUT2D eigenvalue weighted by atomic mass is 10.1. The van der Waals surface area contributed by atoms with Gasteiger partial charge in [0.15, 0.2) is 12.4 Å². The highest BCUT2D eigenvalue weighted by atomic mass is 32.1. The molecule has 0 bridgehead atoms. The maximum absolute atomic E-state index is 12.3.